The largest absolute Gasteiger partial charge is 0.479 e. The monoisotopic (exact) mass is 467 g/mol. The Bertz CT molecular complexity index is 1010. The van der Waals surface area contributed by atoms with E-state index in [-0.39, 0.29) is 31.3 Å². The van der Waals surface area contributed by atoms with Gasteiger partial charge in [-0.3, -0.25) is 4.79 Å². The van der Waals surface area contributed by atoms with Gasteiger partial charge in [-0.15, -0.1) is 0 Å². The van der Waals surface area contributed by atoms with Crippen LogP contribution < -0.4 is 5.73 Å². The van der Waals surface area contributed by atoms with Crippen LogP contribution in [0.1, 0.15) is 69.9 Å². The maximum absolute atomic E-state index is 12.8. The Balaban J connectivity index is 1.57. The number of hydrogen-bond acceptors (Lipinski definition) is 6. The van der Waals surface area contributed by atoms with Gasteiger partial charge in [-0.1, -0.05) is 61.4 Å². The number of fused-ring (bicyclic) bond motifs is 3. The molecule has 1 atom stereocenters. The average Bonchev–Trinajstić information content (AvgIpc) is 3.09. The number of aliphatic carboxylic acids is 1. The van der Waals surface area contributed by atoms with Crippen LogP contribution in [0.5, 0.6) is 0 Å². The van der Waals surface area contributed by atoms with Crippen molar-refractivity contribution in [2.45, 2.75) is 69.9 Å². The summed E-state index contributed by atoms with van der Waals surface area (Å²) in [5, 5.41) is 9.68. The zero-order valence-electron chi connectivity index (χ0n) is 20.0. The highest BCUT2D eigenvalue weighted by Crippen LogP contribution is 2.44. The van der Waals surface area contributed by atoms with E-state index >= 15 is 0 Å². The number of carboxylic acid groups (broad SMARTS) is 1. The van der Waals surface area contributed by atoms with E-state index in [1.165, 1.54) is 0 Å². The number of nitrogens with two attached hydrogens (primary N) is 1. The molecule has 34 heavy (non-hydrogen) atoms. The van der Waals surface area contributed by atoms with E-state index in [1.54, 1.807) is 20.8 Å². The molecule has 182 valence electrons. The first-order valence-electron chi connectivity index (χ1n) is 11.6. The molecule has 0 aromatic heterocycles. The Labute approximate surface area is 200 Å². The van der Waals surface area contributed by atoms with E-state index in [0.29, 0.717) is 19.3 Å². The summed E-state index contributed by atoms with van der Waals surface area (Å²) in [6, 6.07) is 15.8. The summed E-state index contributed by atoms with van der Waals surface area (Å²) in [4.78, 5) is 36.5. The molecule has 2 aromatic carbocycles. The van der Waals surface area contributed by atoms with Crippen LogP contribution in [0, 0.1) is 0 Å². The fourth-order valence-electron chi connectivity index (χ4n) is 4.27. The maximum Gasteiger partial charge on any atom is 0.337 e. The van der Waals surface area contributed by atoms with E-state index in [4.69, 9.17) is 15.2 Å². The van der Waals surface area contributed by atoms with Crippen molar-refractivity contribution in [2.75, 3.05) is 6.61 Å². The normalized spacial score (nSPS) is 14.6. The third-order valence-corrected chi connectivity index (χ3v) is 5.96. The molecule has 3 N–H and O–H groups in total. The smallest absolute Gasteiger partial charge is 0.337 e. The second-order valence-corrected chi connectivity index (χ2v) is 9.75. The predicted octanol–water partition coefficient (Wildman–Crippen LogP) is 4.42. The van der Waals surface area contributed by atoms with Gasteiger partial charge >= 0.3 is 17.9 Å². The van der Waals surface area contributed by atoms with Gasteiger partial charge in [0.25, 0.3) is 0 Å². The molecule has 0 unspecified atom stereocenters. The number of carbonyl (C=O) groups excluding carboxylic acids is 2. The van der Waals surface area contributed by atoms with Crippen LogP contribution in [0.3, 0.4) is 0 Å². The molecule has 0 amide bonds. The lowest BCUT2D eigenvalue weighted by atomic mass is 9.93. The lowest BCUT2D eigenvalue weighted by Crippen LogP contribution is -2.56. The van der Waals surface area contributed by atoms with Crippen molar-refractivity contribution < 1.29 is 29.0 Å². The molecule has 0 heterocycles. The van der Waals surface area contributed by atoms with Crippen LogP contribution in [-0.2, 0) is 23.9 Å². The number of ether oxygens (including phenoxy) is 2. The Morgan fingerprint density at radius 2 is 1.47 bits per heavy atom. The first-order chi connectivity index (χ1) is 16.0. The average molecular weight is 468 g/mol. The number of esters is 2. The van der Waals surface area contributed by atoms with Gasteiger partial charge in [0.05, 0.1) is 0 Å². The van der Waals surface area contributed by atoms with Crippen LogP contribution in [0.2, 0.25) is 0 Å². The van der Waals surface area contributed by atoms with Crippen LogP contribution >= 0.6 is 0 Å². The van der Waals surface area contributed by atoms with E-state index in [2.05, 4.69) is 0 Å². The molecule has 0 bridgehead atoms. The number of unbranched alkanes of at least 4 members (excludes halogenated alkanes) is 2. The zero-order valence-corrected chi connectivity index (χ0v) is 20.0. The van der Waals surface area contributed by atoms with Gasteiger partial charge in [-0.2, -0.15) is 0 Å². The molecule has 0 saturated carbocycles. The van der Waals surface area contributed by atoms with Gasteiger partial charge in [0, 0.05) is 12.3 Å². The molecule has 0 radical (unpaired) electrons. The van der Waals surface area contributed by atoms with Gasteiger partial charge in [0.2, 0.25) is 5.54 Å². The van der Waals surface area contributed by atoms with Crippen LogP contribution in [0.25, 0.3) is 11.1 Å². The molecule has 1 aliphatic rings. The van der Waals surface area contributed by atoms with Crippen molar-refractivity contribution in [1.29, 1.82) is 0 Å². The Kier molecular flexibility index (Phi) is 7.77. The summed E-state index contributed by atoms with van der Waals surface area (Å²) < 4.78 is 10.8. The van der Waals surface area contributed by atoms with Crippen molar-refractivity contribution in [1.82, 2.24) is 0 Å². The Morgan fingerprint density at radius 3 is 2.00 bits per heavy atom. The molecule has 1 aliphatic carbocycles. The third-order valence-electron chi connectivity index (χ3n) is 5.96. The summed E-state index contributed by atoms with van der Waals surface area (Å²) in [5.41, 5.74) is 7.58. The molecule has 0 saturated heterocycles. The fourth-order valence-corrected chi connectivity index (χ4v) is 4.27. The minimum Gasteiger partial charge on any atom is -0.479 e. The van der Waals surface area contributed by atoms with E-state index in [1.807, 2.05) is 48.5 Å². The molecular formula is C27H33NO6. The molecular weight excluding hydrogens is 434 g/mol. The minimum atomic E-state index is -2.14. The molecule has 0 aliphatic heterocycles. The summed E-state index contributed by atoms with van der Waals surface area (Å²) in [7, 11) is 0. The third kappa shape index (κ3) is 5.83. The molecule has 7 heteroatoms. The van der Waals surface area contributed by atoms with Crippen molar-refractivity contribution >= 4 is 17.9 Å². The maximum atomic E-state index is 12.8. The number of hydrogen-bond donors (Lipinski definition) is 2. The molecule has 7 nitrogen and oxygen atoms in total. The molecule has 3 rings (SSSR count). The summed E-state index contributed by atoms with van der Waals surface area (Å²) >= 11 is 0. The van der Waals surface area contributed by atoms with Gasteiger partial charge in [0.15, 0.2) is 0 Å². The second-order valence-electron chi connectivity index (χ2n) is 9.75. The minimum absolute atomic E-state index is 0.0116. The predicted molar refractivity (Wildman–Crippen MR) is 128 cm³/mol. The van der Waals surface area contributed by atoms with E-state index < -0.39 is 23.1 Å². The van der Waals surface area contributed by atoms with Gasteiger partial charge < -0.3 is 20.3 Å². The number of rotatable bonds is 10. The highest BCUT2D eigenvalue weighted by molar-refractivity contribution is 6.03. The second kappa shape index (κ2) is 10.4. The fraction of sp³-hybridized carbons (Fsp3) is 0.444. The summed E-state index contributed by atoms with van der Waals surface area (Å²) in [6.07, 6.45) is 1.59. The molecule has 0 fully saturated rings. The van der Waals surface area contributed by atoms with Crippen molar-refractivity contribution in [3.8, 4) is 11.1 Å². The van der Waals surface area contributed by atoms with Gasteiger partial charge in [-0.05, 0) is 55.9 Å². The van der Waals surface area contributed by atoms with Crippen LogP contribution in [-0.4, -0.2) is 40.8 Å². The van der Waals surface area contributed by atoms with E-state index in [9.17, 15) is 19.5 Å². The SMILES string of the molecule is CC(C)(C)OC(=O)CCCCC[C@](N)(C(=O)O)C(=O)OCC1c2ccccc2-c2ccccc21. The summed E-state index contributed by atoms with van der Waals surface area (Å²) in [6.45, 7) is 5.41. The van der Waals surface area contributed by atoms with Crippen molar-refractivity contribution in [2.24, 2.45) is 5.73 Å². The lowest BCUT2D eigenvalue weighted by Gasteiger charge is -2.24. The highest BCUT2D eigenvalue weighted by atomic mass is 16.6. The standard InChI is InChI=1S/C27H33NO6/c1-26(2,3)34-23(29)15-5-4-10-16-27(28,24(30)31)25(32)33-17-22-20-13-8-6-11-18(20)19-12-7-9-14-21(19)22/h6-9,11-14,22H,4-5,10,15-17,28H2,1-3H3,(H,30,31)/t27-/m0/s1. The number of benzene rings is 2. The van der Waals surface area contributed by atoms with Crippen LogP contribution in [0.15, 0.2) is 48.5 Å². The van der Waals surface area contributed by atoms with Crippen molar-refractivity contribution in [3.05, 3.63) is 59.7 Å². The first-order valence-corrected chi connectivity index (χ1v) is 11.6. The topological polar surface area (TPSA) is 116 Å². The zero-order chi connectivity index (χ0) is 24.9. The number of carboxylic acids is 1. The number of carbonyl (C=O) groups is 3. The Morgan fingerprint density at radius 1 is 0.912 bits per heavy atom. The molecule has 2 aromatic rings. The summed E-state index contributed by atoms with van der Waals surface area (Å²) in [5.74, 6) is -2.85. The van der Waals surface area contributed by atoms with Gasteiger partial charge in [-0.25, -0.2) is 9.59 Å². The highest BCUT2D eigenvalue weighted by Gasteiger charge is 2.44. The quantitative estimate of drug-likeness (QED) is 0.302. The van der Waals surface area contributed by atoms with E-state index in [0.717, 1.165) is 22.3 Å². The van der Waals surface area contributed by atoms with Crippen LogP contribution in [0.4, 0.5) is 0 Å². The van der Waals surface area contributed by atoms with Gasteiger partial charge in [0.1, 0.15) is 12.2 Å². The molecule has 0 spiro atoms. The lowest BCUT2D eigenvalue weighted by molar-refractivity contribution is -0.162. The first kappa shape index (κ1) is 25.4. The van der Waals surface area contributed by atoms with Crippen molar-refractivity contribution in [3.63, 3.8) is 0 Å². The Hall–Kier alpha value is -3.19.